The number of rotatable bonds is 5. The molecule has 0 saturated carbocycles. The Hall–Kier alpha value is -1.91. The van der Waals surface area contributed by atoms with Gasteiger partial charge in [0.1, 0.15) is 11.5 Å². The summed E-state index contributed by atoms with van der Waals surface area (Å²) in [7, 11) is 1.65. The van der Waals surface area contributed by atoms with E-state index in [4.69, 9.17) is 9.47 Å². The standard InChI is InChI=1S/C14H15NO3/c1-17-10-11-3-2-4-13(7-11)18-14-5-6-15-8-12(14)9-16/h2-8,16H,9-10H2,1H3. The van der Waals surface area contributed by atoms with Crippen molar-refractivity contribution in [2.75, 3.05) is 7.11 Å². The van der Waals surface area contributed by atoms with Gasteiger partial charge < -0.3 is 14.6 Å². The number of nitrogens with zero attached hydrogens (tertiary/aromatic N) is 1. The monoisotopic (exact) mass is 245 g/mol. The topological polar surface area (TPSA) is 51.6 Å². The molecule has 94 valence electrons. The van der Waals surface area contributed by atoms with Crippen molar-refractivity contribution >= 4 is 0 Å². The first-order valence-corrected chi connectivity index (χ1v) is 5.63. The SMILES string of the molecule is COCc1cccc(Oc2ccncc2CO)c1. The summed E-state index contributed by atoms with van der Waals surface area (Å²) in [4.78, 5) is 3.94. The van der Waals surface area contributed by atoms with E-state index in [1.54, 1.807) is 25.6 Å². The first kappa shape index (κ1) is 12.5. The molecular weight excluding hydrogens is 230 g/mol. The van der Waals surface area contributed by atoms with Crippen molar-refractivity contribution in [3.63, 3.8) is 0 Å². The molecule has 0 saturated heterocycles. The van der Waals surface area contributed by atoms with Crippen molar-refractivity contribution < 1.29 is 14.6 Å². The molecule has 18 heavy (non-hydrogen) atoms. The van der Waals surface area contributed by atoms with Crippen LogP contribution in [0.5, 0.6) is 11.5 Å². The molecule has 1 heterocycles. The highest BCUT2D eigenvalue weighted by atomic mass is 16.5. The maximum Gasteiger partial charge on any atom is 0.136 e. The molecule has 1 N–H and O–H groups in total. The van der Waals surface area contributed by atoms with Gasteiger partial charge in [0.2, 0.25) is 0 Å². The van der Waals surface area contributed by atoms with Gasteiger partial charge in [-0.05, 0) is 23.8 Å². The molecule has 4 heteroatoms. The predicted molar refractivity (Wildman–Crippen MR) is 67.4 cm³/mol. The zero-order valence-electron chi connectivity index (χ0n) is 10.2. The van der Waals surface area contributed by atoms with Gasteiger partial charge in [0.15, 0.2) is 0 Å². The second-order valence-electron chi connectivity index (χ2n) is 3.82. The quantitative estimate of drug-likeness (QED) is 0.879. The zero-order chi connectivity index (χ0) is 12.8. The second-order valence-corrected chi connectivity index (χ2v) is 3.82. The van der Waals surface area contributed by atoms with Crippen molar-refractivity contribution in [3.05, 3.63) is 53.9 Å². The Balaban J connectivity index is 2.20. The predicted octanol–water partition coefficient (Wildman–Crippen LogP) is 2.51. The number of aliphatic hydroxyl groups is 1. The highest BCUT2D eigenvalue weighted by Gasteiger charge is 2.04. The van der Waals surface area contributed by atoms with Gasteiger partial charge in [-0.3, -0.25) is 4.98 Å². The lowest BCUT2D eigenvalue weighted by Gasteiger charge is -2.10. The number of aliphatic hydroxyl groups excluding tert-OH is 1. The Bertz CT molecular complexity index is 514. The van der Waals surface area contributed by atoms with Gasteiger partial charge in [0.05, 0.1) is 13.2 Å². The molecule has 0 aliphatic carbocycles. The minimum absolute atomic E-state index is 0.0963. The van der Waals surface area contributed by atoms with Crippen LogP contribution >= 0.6 is 0 Å². The highest BCUT2D eigenvalue weighted by Crippen LogP contribution is 2.25. The molecule has 0 aliphatic heterocycles. The molecule has 2 rings (SSSR count). The fourth-order valence-corrected chi connectivity index (χ4v) is 1.63. The summed E-state index contributed by atoms with van der Waals surface area (Å²) in [5, 5.41) is 9.20. The second kappa shape index (κ2) is 6.14. The molecule has 4 nitrogen and oxygen atoms in total. The Kier molecular flexibility index (Phi) is 4.28. The van der Waals surface area contributed by atoms with E-state index in [0.29, 0.717) is 23.7 Å². The van der Waals surface area contributed by atoms with Crippen LogP contribution in [0, 0.1) is 0 Å². The van der Waals surface area contributed by atoms with Crippen LogP contribution in [0.3, 0.4) is 0 Å². The van der Waals surface area contributed by atoms with Crippen LogP contribution in [-0.4, -0.2) is 17.2 Å². The van der Waals surface area contributed by atoms with Gasteiger partial charge in [0, 0.05) is 25.1 Å². The Morgan fingerprint density at radius 3 is 2.94 bits per heavy atom. The van der Waals surface area contributed by atoms with Gasteiger partial charge in [0.25, 0.3) is 0 Å². The summed E-state index contributed by atoms with van der Waals surface area (Å²) < 4.78 is 10.8. The minimum Gasteiger partial charge on any atom is -0.457 e. The normalized spacial score (nSPS) is 10.3. The Labute approximate surface area is 106 Å². The Morgan fingerprint density at radius 2 is 2.17 bits per heavy atom. The maximum absolute atomic E-state index is 9.20. The van der Waals surface area contributed by atoms with E-state index in [0.717, 1.165) is 5.56 Å². The third-order valence-electron chi connectivity index (χ3n) is 2.47. The molecular formula is C14H15NO3. The number of benzene rings is 1. The van der Waals surface area contributed by atoms with Crippen LogP contribution in [0.2, 0.25) is 0 Å². The van der Waals surface area contributed by atoms with Crippen molar-refractivity contribution in [1.29, 1.82) is 0 Å². The van der Waals surface area contributed by atoms with Crippen LogP contribution in [0.1, 0.15) is 11.1 Å². The van der Waals surface area contributed by atoms with E-state index >= 15 is 0 Å². The summed E-state index contributed by atoms with van der Waals surface area (Å²) >= 11 is 0. The molecule has 1 aromatic carbocycles. The fraction of sp³-hybridized carbons (Fsp3) is 0.214. The van der Waals surface area contributed by atoms with Crippen molar-refractivity contribution in [2.45, 2.75) is 13.2 Å². The van der Waals surface area contributed by atoms with Gasteiger partial charge in [-0.2, -0.15) is 0 Å². The molecule has 0 spiro atoms. The molecule has 1 aromatic heterocycles. The maximum atomic E-state index is 9.20. The van der Waals surface area contributed by atoms with E-state index in [1.807, 2.05) is 24.3 Å². The van der Waals surface area contributed by atoms with Gasteiger partial charge >= 0.3 is 0 Å². The summed E-state index contributed by atoms with van der Waals surface area (Å²) in [6, 6.07) is 9.37. The molecule has 0 atom stereocenters. The smallest absolute Gasteiger partial charge is 0.136 e. The molecule has 0 aliphatic rings. The average Bonchev–Trinajstić information content (AvgIpc) is 2.40. The highest BCUT2D eigenvalue weighted by molar-refractivity contribution is 5.36. The molecule has 0 radical (unpaired) electrons. The average molecular weight is 245 g/mol. The number of aromatic nitrogens is 1. The Morgan fingerprint density at radius 1 is 1.28 bits per heavy atom. The lowest BCUT2D eigenvalue weighted by molar-refractivity contribution is 0.184. The van der Waals surface area contributed by atoms with E-state index in [1.165, 1.54) is 0 Å². The van der Waals surface area contributed by atoms with Crippen LogP contribution in [0.4, 0.5) is 0 Å². The largest absolute Gasteiger partial charge is 0.457 e. The molecule has 0 unspecified atom stereocenters. The van der Waals surface area contributed by atoms with Crippen LogP contribution in [0.15, 0.2) is 42.7 Å². The van der Waals surface area contributed by atoms with Crippen LogP contribution < -0.4 is 4.74 Å². The first-order valence-electron chi connectivity index (χ1n) is 5.63. The lowest BCUT2D eigenvalue weighted by atomic mass is 10.2. The summed E-state index contributed by atoms with van der Waals surface area (Å²) in [6.07, 6.45) is 3.22. The van der Waals surface area contributed by atoms with E-state index in [9.17, 15) is 5.11 Å². The molecule has 0 fully saturated rings. The van der Waals surface area contributed by atoms with Crippen LogP contribution in [-0.2, 0) is 18.0 Å². The van der Waals surface area contributed by atoms with Crippen LogP contribution in [0.25, 0.3) is 0 Å². The number of pyridine rings is 1. The van der Waals surface area contributed by atoms with Crippen molar-refractivity contribution in [3.8, 4) is 11.5 Å². The fourth-order valence-electron chi connectivity index (χ4n) is 1.63. The third kappa shape index (κ3) is 3.06. The van der Waals surface area contributed by atoms with Gasteiger partial charge in [-0.1, -0.05) is 12.1 Å². The van der Waals surface area contributed by atoms with Crippen molar-refractivity contribution in [1.82, 2.24) is 4.98 Å². The lowest BCUT2D eigenvalue weighted by Crippen LogP contribution is -1.94. The summed E-state index contributed by atoms with van der Waals surface area (Å²) in [5.74, 6) is 1.33. The summed E-state index contributed by atoms with van der Waals surface area (Å²) in [6.45, 7) is 0.446. The van der Waals surface area contributed by atoms with Gasteiger partial charge in [-0.25, -0.2) is 0 Å². The van der Waals surface area contributed by atoms with E-state index in [2.05, 4.69) is 4.98 Å². The number of methoxy groups -OCH3 is 1. The first-order chi connectivity index (χ1) is 8.83. The number of ether oxygens (including phenoxy) is 2. The number of hydrogen-bond acceptors (Lipinski definition) is 4. The van der Waals surface area contributed by atoms with Crippen molar-refractivity contribution in [2.24, 2.45) is 0 Å². The third-order valence-corrected chi connectivity index (χ3v) is 2.47. The van der Waals surface area contributed by atoms with Gasteiger partial charge in [-0.15, -0.1) is 0 Å². The number of hydrogen-bond donors (Lipinski definition) is 1. The zero-order valence-corrected chi connectivity index (χ0v) is 10.2. The minimum atomic E-state index is -0.0963. The van der Waals surface area contributed by atoms with E-state index in [-0.39, 0.29) is 6.61 Å². The summed E-state index contributed by atoms with van der Waals surface area (Å²) in [5.41, 5.74) is 1.70. The molecule has 2 aromatic rings. The molecule has 0 bridgehead atoms. The van der Waals surface area contributed by atoms with E-state index < -0.39 is 0 Å². The molecule has 0 amide bonds.